The Kier molecular flexibility index (Phi) is 4.02. The molecule has 2 aliphatic carbocycles. The van der Waals surface area contributed by atoms with Gasteiger partial charge in [-0.3, -0.25) is 14.5 Å². The standard InChI is InChI=1S/C22H18ClNO4/c23-17-4-2-1-3-16(17)22(27)28-15-9-7-14(8-10-15)24-20(25)18-12-5-6-13(11-12)19(18)21(24)26/h1-4,7-10,12-13,18-19H,5-6,11H2/t12-,13-,18-,19-/m0/s1. The van der Waals surface area contributed by atoms with Crippen LogP contribution in [-0.2, 0) is 9.59 Å². The normalized spacial score (nSPS) is 28.0. The number of carbonyl (C=O) groups excluding carboxylic acids is 3. The lowest BCUT2D eigenvalue weighted by atomic mass is 9.81. The Morgan fingerprint density at radius 2 is 1.54 bits per heavy atom. The third-order valence-corrected chi connectivity index (χ3v) is 6.66. The van der Waals surface area contributed by atoms with Crippen molar-refractivity contribution < 1.29 is 19.1 Å². The molecule has 0 aromatic heterocycles. The van der Waals surface area contributed by atoms with Crippen molar-refractivity contribution in [2.75, 3.05) is 4.90 Å². The summed E-state index contributed by atoms with van der Waals surface area (Å²) in [6.07, 6.45) is 3.11. The van der Waals surface area contributed by atoms with Crippen molar-refractivity contribution in [2.45, 2.75) is 19.3 Å². The second-order valence-electron chi connectivity index (χ2n) is 7.76. The summed E-state index contributed by atoms with van der Waals surface area (Å²) in [5, 5.41) is 0.318. The van der Waals surface area contributed by atoms with Gasteiger partial charge < -0.3 is 4.74 Å². The lowest BCUT2D eigenvalue weighted by molar-refractivity contribution is -0.123. The van der Waals surface area contributed by atoms with Crippen molar-refractivity contribution in [1.82, 2.24) is 0 Å². The number of ether oxygens (including phenoxy) is 1. The zero-order chi connectivity index (χ0) is 19.4. The number of esters is 1. The number of benzene rings is 2. The Hall–Kier alpha value is -2.66. The Balaban J connectivity index is 1.35. The third-order valence-electron chi connectivity index (χ3n) is 6.33. The lowest BCUT2D eigenvalue weighted by Gasteiger charge is -2.19. The molecule has 4 atom stereocenters. The van der Waals surface area contributed by atoms with Gasteiger partial charge in [-0.15, -0.1) is 0 Å². The van der Waals surface area contributed by atoms with Crippen LogP contribution in [0.2, 0.25) is 5.02 Å². The first kappa shape index (κ1) is 17.4. The van der Waals surface area contributed by atoms with E-state index in [1.807, 2.05) is 0 Å². The number of hydrogen-bond donors (Lipinski definition) is 0. The highest BCUT2D eigenvalue weighted by atomic mass is 35.5. The summed E-state index contributed by atoms with van der Waals surface area (Å²) in [4.78, 5) is 39.3. The molecule has 2 saturated carbocycles. The molecule has 1 aliphatic heterocycles. The molecule has 1 heterocycles. The van der Waals surface area contributed by atoms with Gasteiger partial charge in [0, 0.05) is 0 Å². The van der Waals surface area contributed by atoms with Crippen LogP contribution in [0.15, 0.2) is 48.5 Å². The topological polar surface area (TPSA) is 63.7 Å². The maximum atomic E-state index is 12.9. The Morgan fingerprint density at radius 3 is 2.14 bits per heavy atom. The minimum atomic E-state index is -0.558. The van der Waals surface area contributed by atoms with Gasteiger partial charge in [-0.05, 0) is 67.5 Å². The van der Waals surface area contributed by atoms with Crippen LogP contribution in [0.4, 0.5) is 5.69 Å². The van der Waals surface area contributed by atoms with E-state index in [9.17, 15) is 14.4 Å². The molecule has 2 aromatic carbocycles. The number of imide groups is 1. The van der Waals surface area contributed by atoms with Crippen molar-refractivity contribution in [3.05, 3.63) is 59.1 Å². The predicted molar refractivity (Wildman–Crippen MR) is 103 cm³/mol. The third kappa shape index (κ3) is 2.57. The first-order chi connectivity index (χ1) is 13.5. The number of rotatable bonds is 3. The highest BCUT2D eigenvalue weighted by molar-refractivity contribution is 6.33. The smallest absolute Gasteiger partial charge is 0.345 e. The van der Waals surface area contributed by atoms with E-state index in [2.05, 4.69) is 0 Å². The number of halogens is 1. The van der Waals surface area contributed by atoms with Crippen LogP contribution in [0, 0.1) is 23.7 Å². The monoisotopic (exact) mass is 395 g/mol. The largest absolute Gasteiger partial charge is 0.423 e. The summed E-state index contributed by atoms with van der Waals surface area (Å²) in [5.74, 6) is 0.0180. The fraction of sp³-hybridized carbons (Fsp3) is 0.318. The van der Waals surface area contributed by atoms with E-state index >= 15 is 0 Å². The molecule has 2 bridgehead atoms. The van der Waals surface area contributed by atoms with Gasteiger partial charge in [0.25, 0.3) is 0 Å². The highest BCUT2D eigenvalue weighted by Crippen LogP contribution is 2.56. The predicted octanol–water partition coefficient (Wildman–Crippen LogP) is 4.09. The van der Waals surface area contributed by atoms with Crippen LogP contribution < -0.4 is 9.64 Å². The van der Waals surface area contributed by atoms with Crippen molar-refractivity contribution >= 4 is 35.1 Å². The van der Waals surface area contributed by atoms with Crippen molar-refractivity contribution in [3.8, 4) is 5.75 Å². The van der Waals surface area contributed by atoms with Gasteiger partial charge >= 0.3 is 5.97 Å². The minimum Gasteiger partial charge on any atom is -0.423 e. The molecule has 2 amide bonds. The molecule has 5 rings (SSSR count). The lowest BCUT2D eigenvalue weighted by Crippen LogP contribution is -2.32. The van der Waals surface area contributed by atoms with Crippen molar-refractivity contribution in [1.29, 1.82) is 0 Å². The van der Waals surface area contributed by atoms with Gasteiger partial charge in [0.05, 0.1) is 28.1 Å². The number of nitrogens with zero attached hydrogens (tertiary/aromatic N) is 1. The van der Waals surface area contributed by atoms with Crippen LogP contribution in [-0.4, -0.2) is 17.8 Å². The number of fused-ring (bicyclic) bond motifs is 5. The fourth-order valence-corrected chi connectivity index (χ4v) is 5.33. The second-order valence-corrected chi connectivity index (χ2v) is 8.17. The summed E-state index contributed by atoms with van der Waals surface area (Å²) < 4.78 is 5.36. The van der Waals surface area contributed by atoms with Gasteiger partial charge in [-0.25, -0.2) is 4.79 Å². The zero-order valence-corrected chi connectivity index (χ0v) is 15.8. The fourth-order valence-electron chi connectivity index (χ4n) is 5.12. The van der Waals surface area contributed by atoms with Crippen LogP contribution in [0.25, 0.3) is 0 Å². The quantitative estimate of drug-likeness (QED) is 0.446. The van der Waals surface area contributed by atoms with E-state index in [4.69, 9.17) is 16.3 Å². The van der Waals surface area contributed by atoms with E-state index in [1.54, 1.807) is 48.5 Å². The molecule has 3 fully saturated rings. The number of carbonyl (C=O) groups is 3. The van der Waals surface area contributed by atoms with Crippen molar-refractivity contribution in [2.24, 2.45) is 23.7 Å². The Labute approximate surface area is 167 Å². The summed E-state index contributed by atoms with van der Waals surface area (Å²) in [5.41, 5.74) is 0.808. The molecule has 1 saturated heterocycles. The van der Waals surface area contributed by atoms with Gasteiger partial charge in [0.2, 0.25) is 11.8 Å². The summed E-state index contributed by atoms with van der Waals surface area (Å²) in [6, 6.07) is 13.1. The Morgan fingerprint density at radius 1 is 0.929 bits per heavy atom. The maximum absolute atomic E-state index is 12.9. The summed E-state index contributed by atoms with van der Waals surface area (Å²) >= 11 is 6.02. The molecule has 2 aromatic rings. The number of hydrogen-bond acceptors (Lipinski definition) is 4. The molecular formula is C22H18ClNO4. The molecule has 6 heteroatoms. The average Bonchev–Trinajstić information content (AvgIpc) is 3.37. The number of anilines is 1. The highest BCUT2D eigenvalue weighted by Gasteiger charge is 2.61. The average molecular weight is 396 g/mol. The maximum Gasteiger partial charge on any atom is 0.345 e. The van der Waals surface area contributed by atoms with Gasteiger partial charge in [0.15, 0.2) is 0 Å². The van der Waals surface area contributed by atoms with Crippen LogP contribution in [0.3, 0.4) is 0 Å². The first-order valence-electron chi connectivity index (χ1n) is 9.49. The molecular weight excluding hydrogens is 378 g/mol. The molecule has 28 heavy (non-hydrogen) atoms. The van der Waals surface area contributed by atoms with Gasteiger partial charge in [0.1, 0.15) is 5.75 Å². The van der Waals surface area contributed by atoms with Crippen LogP contribution >= 0.6 is 11.6 Å². The molecule has 5 nitrogen and oxygen atoms in total. The molecule has 3 aliphatic rings. The first-order valence-corrected chi connectivity index (χ1v) is 9.87. The SMILES string of the molecule is O=C(Oc1ccc(N2C(=O)[C@H]3[C@H]4CC[C@@H](C4)[C@@H]3C2=O)cc1)c1ccccc1Cl. The summed E-state index contributed by atoms with van der Waals surface area (Å²) in [7, 11) is 0. The van der Waals surface area contributed by atoms with Crippen LogP contribution in [0.1, 0.15) is 29.6 Å². The molecule has 0 spiro atoms. The van der Waals surface area contributed by atoms with Gasteiger partial charge in [-0.1, -0.05) is 23.7 Å². The van der Waals surface area contributed by atoms with E-state index in [1.165, 1.54) is 4.90 Å². The van der Waals surface area contributed by atoms with E-state index in [0.29, 0.717) is 28.3 Å². The van der Waals surface area contributed by atoms with Gasteiger partial charge in [-0.2, -0.15) is 0 Å². The second kappa shape index (κ2) is 6.45. The summed E-state index contributed by atoms with van der Waals surface area (Å²) in [6.45, 7) is 0. The number of amides is 2. The Bertz CT molecular complexity index is 958. The van der Waals surface area contributed by atoms with E-state index in [-0.39, 0.29) is 29.2 Å². The molecule has 142 valence electrons. The molecule has 0 unspecified atom stereocenters. The molecule has 0 radical (unpaired) electrons. The van der Waals surface area contributed by atoms with E-state index < -0.39 is 5.97 Å². The molecule has 0 N–H and O–H groups in total. The zero-order valence-electron chi connectivity index (χ0n) is 15.0. The van der Waals surface area contributed by atoms with E-state index in [0.717, 1.165) is 19.3 Å². The van der Waals surface area contributed by atoms with Crippen LogP contribution in [0.5, 0.6) is 5.75 Å². The van der Waals surface area contributed by atoms with Crippen molar-refractivity contribution in [3.63, 3.8) is 0 Å². The minimum absolute atomic E-state index is 0.0805.